The number of aryl methyl sites for hydroxylation is 1. The van der Waals surface area contributed by atoms with Crippen LogP contribution in [0.4, 0.5) is 0 Å². The van der Waals surface area contributed by atoms with E-state index in [1.165, 1.54) is 35.0 Å². The molecule has 1 aliphatic rings. The topological polar surface area (TPSA) is 99.4 Å². The van der Waals surface area contributed by atoms with Gasteiger partial charge in [0, 0.05) is 12.5 Å². The van der Waals surface area contributed by atoms with Crippen molar-refractivity contribution < 1.29 is 17.9 Å². The summed E-state index contributed by atoms with van der Waals surface area (Å²) in [6.45, 7) is 0. The molecule has 0 radical (unpaired) electrons. The fourth-order valence-electron chi connectivity index (χ4n) is 2.95. The lowest BCUT2D eigenvalue weighted by molar-refractivity contribution is 0.100. The van der Waals surface area contributed by atoms with Gasteiger partial charge in [-0.1, -0.05) is 11.3 Å². The normalized spacial score (nSPS) is 13.1. The number of rotatable bonds is 4. The van der Waals surface area contributed by atoms with Gasteiger partial charge in [-0.15, -0.1) is 0 Å². The minimum Gasteiger partial charge on any atom is -0.446 e. The lowest BCUT2D eigenvalue weighted by Gasteiger charge is -2.14. The molecule has 134 valence electrons. The van der Waals surface area contributed by atoms with E-state index < -0.39 is 15.7 Å². The Balaban J connectivity index is 1.77. The molecule has 0 fully saturated rings. The number of carbonyl (C=O) groups excluding carboxylic acids is 1. The lowest BCUT2D eigenvalue weighted by Crippen LogP contribution is -2.12. The highest BCUT2D eigenvalue weighted by atomic mass is 32.2. The van der Waals surface area contributed by atoms with Gasteiger partial charge in [0.1, 0.15) is 5.75 Å². The molecule has 0 saturated heterocycles. The zero-order valence-corrected chi connectivity index (χ0v) is 16.1. The molecule has 0 atom stereocenters. The van der Waals surface area contributed by atoms with E-state index in [9.17, 15) is 13.2 Å². The van der Waals surface area contributed by atoms with Gasteiger partial charge >= 0.3 is 0 Å². The molecule has 0 aliphatic heterocycles. The summed E-state index contributed by atoms with van der Waals surface area (Å²) >= 11 is 2.59. The molecular formula is C17H14N2O4S3. The van der Waals surface area contributed by atoms with E-state index in [4.69, 9.17) is 10.5 Å². The van der Waals surface area contributed by atoms with Crippen molar-refractivity contribution >= 4 is 38.6 Å². The Labute approximate surface area is 158 Å². The molecule has 6 nitrogen and oxygen atoms in total. The average Bonchev–Trinajstić information content (AvgIpc) is 3.18. The van der Waals surface area contributed by atoms with E-state index in [1.807, 2.05) is 6.20 Å². The van der Waals surface area contributed by atoms with E-state index in [1.54, 1.807) is 12.1 Å². The lowest BCUT2D eigenvalue weighted by atomic mass is 9.93. The summed E-state index contributed by atoms with van der Waals surface area (Å²) in [5, 5.41) is 0.575. The number of carbonyl (C=O) groups is 1. The number of fused-ring (bicyclic) bond motifs is 3. The van der Waals surface area contributed by atoms with Crippen LogP contribution in [0, 0.1) is 0 Å². The Hall–Kier alpha value is -2.23. The molecule has 2 N–H and O–H groups in total. The van der Waals surface area contributed by atoms with E-state index in [0.29, 0.717) is 22.1 Å². The largest absolute Gasteiger partial charge is 0.446 e. The first-order valence-corrected chi connectivity index (χ1v) is 11.2. The smallest absolute Gasteiger partial charge is 0.259 e. The second-order valence-electron chi connectivity index (χ2n) is 5.96. The van der Waals surface area contributed by atoms with Crippen LogP contribution in [0.15, 0.2) is 35.4 Å². The highest BCUT2D eigenvalue weighted by Crippen LogP contribution is 2.49. The summed E-state index contributed by atoms with van der Waals surface area (Å²) in [7, 11) is -3.27. The van der Waals surface area contributed by atoms with Gasteiger partial charge in [0.2, 0.25) is 0 Å². The summed E-state index contributed by atoms with van der Waals surface area (Å²) in [6, 6.07) is 6.20. The first-order valence-electron chi connectivity index (χ1n) is 7.72. The number of hydrogen-bond acceptors (Lipinski definition) is 7. The molecule has 1 aliphatic carbocycles. The second kappa shape index (κ2) is 6.19. The fourth-order valence-corrected chi connectivity index (χ4v) is 5.59. The molecule has 26 heavy (non-hydrogen) atoms. The van der Waals surface area contributed by atoms with E-state index in [0.717, 1.165) is 34.2 Å². The van der Waals surface area contributed by atoms with Crippen LogP contribution in [0.25, 0.3) is 10.4 Å². The number of primary amides is 1. The number of aromatic nitrogens is 1. The Morgan fingerprint density at radius 3 is 2.62 bits per heavy atom. The highest BCUT2D eigenvalue weighted by Gasteiger charge is 2.30. The summed E-state index contributed by atoms with van der Waals surface area (Å²) in [4.78, 5) is 13.6. The van der Waals surface area contributed by atoms with Crippen LogP contribution in [0.1, 0.15) is 20.8 Å². The molecule has 9 heteroatoms. The van der Waals surface area contributed by atoms with Crippen molar-refractivity contribution in [3.05, 3.63) is 46.5 Å². The van der Waals surface area contributed by atoms with Crippen LogP contribution in [-0.2, 0) is 22.7 Å². The van der Waals surface area contributed by atoms with Gasteiger partial charge in [-0.3, -0.25) is 4.79 Å². The van der Waals surface area contributed by atoms with Crippen molar-refractivity contribution in [2.24, 2.45) is 5.73 Å². The zero-order valence-electron chi connectivity index (χ0n) is 13.7. The van der Waals surface area contributed by atoms with Crippen molar-refractivity contribution in [2.75, 3.05) is 6.26 Å². The monoisotopic (exact) mass is 406 g/mol. The summed E-state index contributed by atoms with van der Waals surface area (Å²) < 4.78 is 33.4. The Morgan fingerprint density at radius 1 is 1.23 bits per heavy atom. The van der Waals surface area contributed by atoms with E-state index >= 15 is 0 Å². The number of sulfone groups is 1. The van der Waals surface area contributed by atoms with E-state index in [2.05, 4.69) is 4.37 Å². The van der Waals surface area contributed by atoms with Crippen LogP contribution in [0.2, 0.25) is 0 Å². The van der Waals surface area contributed by atoms with E-state index in [-0.39, 0.29) is 4.90 Å². The second-order valence-corrected chi connectivity index (χ2v) is 9.76. The SMILES string of the molecule is CS(=O)(=O)c1ccc(Oc2sc(C(N)=O)c3c2-c2sncc2CC3)cc1. The minimum absolute atomic E-state index is 0.223. The molecule has 0 saturated carbocycles. The van der Waals surface area contributed by atoms with Crippen LogP contribution in [0.3, 0.4) is 0 Å². The van der Waals surface area contributed by atoms with Crippen LogP contribution in [-0.4, -0.2) is 25.0 Å². The molecule has 4 rings (SSSR count). The summed E-state index contributed by atoms with van der Waals surface area (Å²) in [6.07, 6.45) is 4.53. The van der Waals surface area contributed by atoms with Gasteiger partial charge in [-0.05, 0) is 59.8 Å². The number of ether oxygens (including phenoxy) is 1. The van der Waals surface area contributed by atoms with Crippen molar-refractivity contribution in [1.29, 1.82) is 0 Å². The third kappa shape index (κ3) is 2.91. The first kappa shape index (κ1) is 17.2. The molecule has 1 aromatic carbocycles. The number of amides is 1. The van der Waals surface area contributed by atoms with Gasteiger partial charge in [-0.2, -0.15) is 0 Å². The van der Waals surface area contributed by atoms with Crippen molar-refractivity contribution in [1.82, 2.24) is 4.37 Å². The van der Waals surface area contributed by atoms with Gasteiger partial charge < -0.3 is 10.5 Å². The maximum atomic E-state index is 11.8. The molecule has 0 bridgehead atoms. The molecule has 0 unspecified atom stereocenters. The number of nitrogens with zero attached hydrogens (tertiary/aromatic N) is 1. The quantitative estimate of drug-likeness (QED) is 0.717. The molecular weight excluding hydrogens is 392 g/mol. The van der Waals surface area contributed by atoms with Gasteiger partial charge in [0.15, 0.2) is 14.9 Å². The molecule has 1 amide bonds. The third-order valence-corrected chi connectivity index (χ3v) is 7.29. The molecule has 3 aromatic rings. The number of hydrogen-bond donors (Lipinski definition) is 1. The predicted octanol–water partition coefficient (Wildman–Crippen LogP) is 3.26. The van der Waals surface area contributed by atoms with Crippen molar-refractivity contribution in [3.8, 4) is 21.3 Å². The zero-order chi connectivity index (χ0) is 18.5. The number of nitrogens with two attached hydrogens (primary N) is 1. The van der Waals surface area contributed by atoms with Gasteiger partial charge in [0.05, 0.1) is 20.2 Å². The minimum atomic E-state index is -3.27. The van der Waals surface area contributed by atoms with Crippen LogP contribution in [0.5, 0.6) is 10.8 Å². The van der Waals surface area contributed by atoms with Gasteiger partial charge in [0.25, 0.3) is 5.91 Å². The van der Waals surface area contributed by atoms with Crippen LogP contribution >= 0.6 is 22.9 Å². The maximum absolute atomic E-state index is 11.8. The standard InChI is InChI=1S/C17H14N2O4S3/c1-26(21,22)11-5-3-10(4-6-11)23-17-13-12(15(24-17)16(18)20)7-2-9-8-19-25-14(9)13/h3-6,8H,2,7H2,1H3,(H2,18,20). The first-order chi connectivity index (χ1) is 12.3. The highest BCUT2D eigenvalue weighted by molar-refractivity contribution is 7.90. The molecule has 2 heterocycles. The molecule has 0 spiro atoms. The van der Waals surface area contributed by atoms with Gasteiger partial charge in [-0.25, -0.2) is 12.8 Å². The Morgan fingerprint density at radius 2 is 1.96 bits per heavy atom. The summed E-state index contributed by atoms with van der Waals surface area (Å²) in [5.41, 5.74) is 8.46. The summed E-state index contributed by atoms with van der Waals surface area (Å²) in [5.74, 6) is 0.0237. The van der Waals surface area contributed by atoms with Crippen LogP contribution < -0.4 is 10.5 Å². The Bertz CT molecular complexity index is 1110. The Kier molecular flexibility index (Phi) is 4.09. The molecule has 2 aromatic heterocycles. The maximum Gasteiger partial charge on any atom is 0.259 e. The predicted molar refractivity (Wildman–Crippen MR) is 101 cm³/mol. The number of benzene rings is 1. The average molecular weight is 407 g/mol. The van der Waals surface area contributed by atoms with Crippen molar-refractivity contribution in [2.45, 2.75) is 17.7 Å². The third-order valence-electron chi connectivity index (χ3n) is 4.18. The number of thiophene rings is 1. The fraction of sp³-hybridized carbons (Fsp3) is 0.176. The van der Waals surface area contributed by atoms with Crippen molar-refractivity contribution in [3.63, 3.8) is 0 Å².